The van der Waals surface area contributed by atoms with Gasteiger partial charge in [-0.3, -0.25) is 4.98 Å². The summed E-state index contributed by atoms with van der Waals surface area (Å²) in [6, 6.07) is 0. The van der Waals surface area contributed by atoms with E-state index < -0.39 is 12.2 Å². The number of aliphatic hydroxyl groups is 2. The highest BCUT2D eigenvalue weighted by Crippen LogP contribution is 2.29. The number of ether oxygens (including phenoxy) is 1. The molecule has 0 aliphatic heterocycles. The van der Waals surface area contributed by atoms with Crippen LogP contribution in [0.5, 0.6) is 5.75 Å². The third-order valence-corrected chi connectivity index (χ3v) is 4.81. The lowest BCUT2D eigenvalue weighted by atomic mass is 10.1. The minimum Gasteiger partial charge on any atom is -0.496 e. The number of aromatic nitrogens is 4. The zero-order valence-corrected chi connectivity index (χ0v) is 17.4. The fourth-order valence-corrected chi connectivity index (χ4v) is 3.28. The van der Waals surface area contributed by atoms with Crippen molar-refractivity contribution in [2.24, 2.45) is 0 Å². The maximum atomic E-state index is 9.99. The maximum Gasteiger partial charge on any atom is 0.223 e. The first-order valence-corrected chi connectivity index (χ1v) is 9.22. The second-order valence-corrected chi connectivity index (χ2v) is 7.33. The highest BCUT2D eigenvalue weighted by Gasteiger charge is 2.19. The minimum absolute atomic E-state index is 0.0369. The molecule has 0 bridgehead atoms. The van der Waals surface area contributed by atoms with E-state index in [0.29, 0.717) is 23.1 Å². The largest absolute Gasteiger partial charge is 0.496 e. The molecule has 8 nitrogen and oxygen atoms in total. The summed E-state index contributed by atoms with van der Waals surface area (Å²) in [6.45, 7) is 5.17. The fraction of sp³-hybridized carbons (Fsp3) is 0.350. The molecular formula is C20H22ClN5O3. The lowest BCUT2D eigenvalue weighted by Crippen LogP contribution is -2.26. The molecule has 0 aliphatic carbocycles. The zero-order valence-electron chi connectivity index (χ0n) is 16.6. The van der Waals surface area contributed by atoms with Crippen LogP contribution < -0.4 is 10.5 Å². The number of hydrogen-bond acceptors (Lipinski definition) is 7. The highest BCUT2D eigenvalue weighted by molar-refractivity contribution is 6.34. The first-order valence-electron chi connectivity index (χ1n) is 8.84. The van der Waals surface area contributed by atoms with E-state index in [2.05, 4.69) is 26.8 Å². The molecule has 0 aliphatic rings. The smallest absolute Gasteiger partial charge is 0.223 e. The van der Waals surface area contributed by atoms with Crippen molar-refractivity contribution in [3.8, 4) is 17.6 Å². The Morgan fingerprint density at radius 2 is 2.07 bits per heavy atom. The zero-order chi connectivity index (χ0) is 21.3. The number of methoxy groups -OCH3 is 1. The van der Waals surface area contributed by atoms with Gasteiger partial charge in [0.25, 0.3) is 0 Å². The third kappa shape index (κ3) is 4.12. The average Bonchev–Trinajstić information content (AvgIpc) is 3.00. The van der Waals surface area contributed by atoms with Crippen LogP contribution >= 0.6 is 11.6 Å². The van der Waals surface area contributed by atoms with Crippen LogP contribution in [-0.2, 0) is 6.54 Å². The second-order valence-electron chi connectivity index (χ2n) is 6.97. The molecule has 3 aromatic rings. The molecule has 29 heavy (non-hydrogen) atoms. The van der Waals surface area contributed by atoms with E-state index in [1.807, 2.05) is 18.4 Å². The van der Waals surface area contributed by atoms with Crippen LogP contribution in [0.3, 0.4) is 0 Å². The summed E-state index contributed by atoms with van der Waals surface area (Å²) < 4.78 is 7.30. The molecule has 0 unspecified atom stereocenters. The number of rotatable bonds is 4. The van der Waals surface area contributed by atoms with Gasteiger partial charge in [-0.15, -0.1) is 0 Å². The predicted octanol–water partition coefficient (Wildman–Crippen LogP) is 1.83. The number of pyridine rings is 1. The van der Waals surface area contributed by atoms with Crippen LogP contribution in [0.15, 0.2) is 12.4 Å². The first kappa shape index (κ1) is 20.9. The van der Waals surface area contributed by atoms with E-state index in [9.17, 15) is 10.2 Å². The maximum absolute atomic E-state index is 9.99. The van der Waals surface area contributed by atoms with Crippen molar-refractivity contribution in [2.45, 2.75) is 32.9 Å². The number of aliphatic hydroxyl groups excluding tert-OH is 1. The summed E-state index contributed by atoms with van der Waals surface area (Å²) in [6.07, 6.45) is 3.50. The number of halogens is 1. The lowest BCUT2D eigenvalue weighted by molar-refractivity contribution is 0.0519. The van der Waals surface area contributed by atoms with E-state index in [4.69, 9.17) is 22.1 Å². The molecule has 0 aromatic carbocycles. The molecule has 0 fully saturated rings. The lowest BCUT2D eigenvalue weighted by Gasteiger charge is -2.13. The molecule has 1 atom stereocenters. The Hall–Kier alpha value is -2.86. The van der Waals surface area contributed by atoms with Crippen molar-refractivity contribution in [1.29, 1.82) is 0 Å². The molecule has 3 rings (SSSR count). The van der Waals surface area contributed by atoms with Crippen molar-refractivity contribution < 1.29 is 14.9 Å². The van der Waals surface area contributed by atoms with Gasteiger partial charge in [-0.1, -0.05) is 23.4 Å². The molecule has 0 saturated carbocycles. The van der Waals surface area contributed by atoms with Gasteiger partial charge in [0.2, 0.25) is 5.95 Å². The molecule has 0 radical (unpaired) electrons. The van der Waals surface area contributed by atoms with Gasteiger partial charge in [-0.2, -0.15) is 4.98 Å². The number of nitrogens with two attached hydrogens (primary N) is 1. The quantitative estimate of drug-likeness (QED) is 0.439. The van der Waals surface area contributed by atoms with Gasteiger partial charge in [0.15, 0.2) is 0 Å². The van der Waals surface area contributed by atoms with Gasteiger partial charge in [0.1, 0.15) is 22.2 Å². The third-order valence-electron chi connectivity index (χ3n) is 4.53. The number of fused-ring (bicyclic) bond motifs is 1. The van der Waals surface area contributed by atoms with Crippen molar-refractivity contribution in [2.75, 3.05) is 19.5 Å². The molecule has 9 heteroatoms. The summed E-state index contributed by atoms with van der Waals surface area (Å²) in [5.74, 6) is 6.31. The number of nitrogen functional groups attached to an aromatic ring is 1. The van der Waals surface area contributed by atoms with Crippen LogP contribution in [0.4, 0.5) is 5.95 Å². The number of nitrogens with zero attached hydrogens (tertiary/aromatic N) is 4. The number of anilines is 1. The van der Waals surface area contributed by atoms with Crippen LogP contribution in [-0.4, -0.2) is 49.0 Å². The Labute approximate surface area is 173 Å². The van der Waals surface area contributed by atoms with Crippen LogP contribution in [0.25, 0.3) is 11.0 Å². The van der Waals surface area contributed by atoms with Gasteiger partial charge in [-0.25, -0.2) is 4.98 Å². The fourth-order valence-electron chi connectivity index (χ4n) is 3.01. The molecule has 0 amide bonds. The Kier molecular flexibility index (Phi) is 5.66. The molecule has 0 saturated heterocycles. The molecular weight excluding hydrogens is 394 g/mol. The second kappa shape index (κ2) is 7.87. The van der Waals surface area contributed by atoms with E-state index in [1.54, 1.807) is 19.5 Å². The van der Waals surface area contributed by atoms with E-state index in [1.165, 1.54) is 6.92 Å². The normalized spacial score (nSPS) is 13.1. The molecule has 3 heterocycles. The summed E-state index contributed by atoms with van der Waals surface area (Å²) in [7, 11) is 1.62. The van der Waals surface area contributed by atoms with Crippen molar-refractivity contribution in [3.63, 3.8) is 0 Å². The Bertz CT molecular complexity index is 1140. The van der Waals surface area contributed by atoms with Crippen molar-refractivity contribution >= 4 is 28.6 Å². The molecule has 0 spiro atoms. The average molecular weight is 416 g/mol. The van der Waals surface area contributed by atoms with Crippen LogP contribution in [0, 0.1) is 25.7 Å². The summed E-state index contributed by atoms with van der Waals surface area (Å²) in [5.41, 5.74) is 7.90. The monoisotopic (exact) mass is 415 g/mol. The highest BCUT2D eigenvalue weighted by atomic mass is 35.5. The number of hydrogen-bond donors (Lipinski definition) is 3. The summed E-state index contributed by atoms with van der Waals surface area (Å²) in [5, 5.41) is 19.9. The van der Waals surface area contributed by atoms with Crippen LogP contribution in [0.1, 0.15) is 29.3 Å². The Morgan fingerprint density at radius 3 is 2.72 bits per heavy atom. The van der Waals surface area contributed by atoms with Gasteiger partial charge in [-0.05, 0) is 20.8 Å². The standard InChI is InChI=1S/C20H22ClN5O3/c1-11-7-23-14(12(2)16(11)29-4)9-26-8-13(5-6-20(3,28)10-27)15-17(21)24-19(22)25-18(15)26/h7-8,27-28H,9-10H2,1-4H3,(H2,22,24,25)/t20-/m1/s1. The Morgan fingerprint density at radius 1 is 1.34 bits per heavy atom. The number of aryl methyl sites for hydroxylation is 1. The minimum atomic E-state index is -1.54. The van der Waals surface area contributed by atoms with Crippen molar-refractivity contribution in [1.82, 2.24) is 19.5 Å². The van der Waals surface area contributed by atoms with E-state index in [0.717, 1.165) is 22.6 Å². The van der Waals surface area contributed by atoms with Crippen LogP contribution in [0.2, 0.25) is 5.15 Å². The topological polar surface area (TPSA) is 119 Å². The van der Waals surface area contributed by atoms with Gasteiger partial charge in [0, 0.05) is 23.5 Å². The molecule has 3 aromatic heterocycles. The van der Waals surface area contributed by atoms with E-state index in [-0.39, 0.29) is 11.1 Å². The summed E-state index contributed by atoms with van der Waals surface area (Å²) in [4.78, 5) is 12.8. The van der Waals surface area contributed by atoms with Gasteiger partial charge in [0.05, 0.1) is 36.9 Å². The molecule has 152 valence electrons. The van der Waals surface area contributed by atoms with Gasteiger partial charge < -0.3 is 25.3 Å². The predicted molar refractivity (Wildman–Crippen MR) is 111 cm³/mol. The summed E-state index contributed by atoms with van der Waals surface area (Å²) >= 11 is 6.31. The Balaban J connectivity index is 2.17. The van der Waals surface area contributed by atoms with Gasteiger partial charge >= 0.3 is 0 Å². The van der Waals surface area contributed by atoms with E-state index >= 15 is 0 Å². The first-order chi connectivity index (χ1) is 13.7. The molecule has 4 N–H and O–H groups in total. The SMILES string of the molecule is COc1c(C)cnc(Cn2cc(C#C[C@@](C)(O)CO)c3c(Cl)nc(N)nc32)c1C. The van der Waals surface area contributed by atoms with Crippen molar-refractivity contribution in [3.05, 3.63) is 39.9 Å².